The summed E-state index contributed by atoms with van der Waals surface area (Å²) in [6.45, 7) is 5.17. The molecule has 0 atom stereocenters. The topological polar surface area (TPSA) is 22.1 Å². The quantitative estimate of drug-likeness (QED) is 0.740. The lowest BCUT2D eigenvalue weighted by Crippen LogP contribution is -2.26. The Labute approximate surface area is 119 Å². The first-order chi connectivity index (χ1) is 8.46. The van der Waals surface area contributed by atoms with E-state index in [1.807, 2.05) is 6.07 Å². The summed E-state index contributed by atoms with van der Waals surface area (Å²) in [6, 6.07) is 3.63. The highest BCUT2D eigenvalue weighted by Crippen LogP contribution is 2.36. The molecule has 0 saturated heterocycles. The average Bonchev–Trinajstić information content (AvgIpc) is 2.29. The van der Waals surface area contributed by atoms with Crippen LogP contribution in [0.25, 0.3) is 0 Å². The Morgan fingerprint density at radius 2 is 1.94 bits per heavy atom. The maximum atomic E-state index is 6.02. The van der Waals surface area contributed by atoms with Gasteiger partial charge in [-0.1, -0.05) is 43.1 Å². The fourth-order valence-corrected chi connectivity index (χ4v) is 2.70. The number of pyridine rings is 1. The molecule has 2 nitrogen and oxygen atoms in total. The third-order valence-corrected chi connectivity index (χ3v) is 4.19. The lowest BCUT2D eigenvalue weighted by atomic mass is 9.76. The molecule has 0 spiro atoms. The van der Waals surface area contributed by atoms with Crippen LogP contribution in [-0.4, -0.2) is 11.1 Å². The SMILES string of the molecule is CC1(C)CCC(OCc2ccc(Cl)nc2Cl)CC1. The Kier molecular flexibility index (Phi) is 4.52. The first-order valence-electron chi connectivity index (χ1n) is 6.39. The third kappa shape index (κ3) is 3.84. The summed E-state index contributed by atoms with van der Waals surface area (Å²) in [5.74, 6) is 0. The minimum atomic E-state index is 0.352. The van der Waals surface area contributed by atoms with E-state index in [0.29, 0.717) is 28.4 Å². The van der Waals surface area contributed by atoms with Gasteiger partial charge in [-0.25, -0.2) is 4.98 Å². The van der Waals surface area contributed by atoms with Crippen LogP contribution in [-0.2, 0) is 11.3 Å². The van der Waals surface area contributed by atoms with Crippen molar-refractivity contribution in [2.75, 3.05) is 0 Å². The van der Waals surface area contributed by atoms with E-state index >= 15 is 0 Å². The monoisotopic (exact) mass is 287 g/mol. The molecule has 2 rings (SSSR count). The van der Waals surface area contributed by atoms with Crippen LogP contribution in [0.4, 0.5) is 0 Å². The van der Waals surface area contributed by atoms with Crippen molar-refractivity contribution < 1.29 is 4.74 Å². The molecule has 0 unspecified atom stereocenters. The Morgan fingerprint density at radius 3 is 2.56 bits per heavy atom. The first kappa shape index (κ1) is 14.1. The van der Waals surface area contributed by atoms with Crippen LogP contribution >= 0.6 is 23.2 Å². The van der Waals surface area contributed by atoms with Crippen LogP contribution in [0.2, 0.25) is 10.3 Å². The van der Waals surface area contributed by atoms with Crippen molar-refractivity contribution in [3.8, 4) is 0 Å². The zero-order chi connectivity index (χ0) is 13.2. The molecule has 0 aromatic carbocycles. The molecule has 0 radical (unpaired) electrons. The van der Waals surface area contributed by atoms with Gasteiger partial charge >= 0.3 is 0 Å². The maximum absolute atomic E-state index is 6.02. The Morgan fingerprint density at radius 1 is 1.28 bits per heavy atom. The minimum Gasteiger partial charge on any atom is -0.373 e. The zero-order valence-electron chi connectivity index (χ0n) is 10.9. The normalized spacial score (nSPS) is 20.0. The van der Waals surface area contributed by atoms with Gasteiger partial charge in [-0.2, -0.15) is 0 Å². The molecule has 1 saturated carbocycles. The third-order valence-electron chi connectivity index (χ3n) is 3.65. The number of halogens is 2. The van der Waals surface area contributed by atoms with Gasteiger partial charge in [0, 0.05) is 5.56 Å². The van der Waals surface area contributed by atoms with E-state index in [4.69, 9.17) is 27.9 Å². The van der Waals surface area contributed by atoms with Gasteiger partial charge in [0.15, 0.2) is 0 Å². The summed E-state index contributed by atoms with van der Waals surface area (Å²) in [7, 11) is 0. The average molecular weight is 288 g/mol. The van der Waals surface area contributed by atoms with Gasteiger partial charge in [0.1, 0.15) is 10.3 Å². The molecule has 0 N–H and O–H groups in total. The van der Waals surface area contributed by atoms with Crippen molar-refractivity contribution in [1.82, 2.24) is 4.98 Å². The van der Waals surface area contributed by atoms with Gasteiger partial charge in [0.25, 0.3) is 0 Å². The Balaban J connectivity index is 1.85. The van der Waals surface area contributed by atoms with Crippen LogP contribution in [0.3, 0.4) is 0 Å². The second kappa shape index (κ2) is 5.77. The van der Waals surface area contributed by atoms with Crippen molar-refractivity contribution in [2.45, 2.75) is 52.2 Å². The van der Waals surface area contributed by atoms with Gasteiger partial charge in [0.05, 0.1) is 12.7 Å². The van der Waals surface area contributed by atoms with E-state index in [0.717, 1.165) is 18.4 Å². The van der Waals surface area contributed by atoms with Gasteiger partial charge in [0.2, 0.25) is 0 Å². The summed E-state index contributed by atoms with van der Waals surface area (Å²) in [6.07, 6.45) is 5.07. The number of nitrogens with zero attached hydrogens (tertiary/aromatic N) is 1. The van der Waals surface area contributed by atoms with Crippen molar-refractivity contribution in [2.24, 2.45) is 5.41 Å². The summed E-state index contributed by atoms with van der Waals surface area (Å²) >= 11 is 11.8. The van der Waals surface area contributed by atoms with Gasteiger partial charge in [-0.3, -0.25) is 0 Å². The molecule has 0 amide bonds. The molecule has 4 heteroatoms. The van der Waals surface area contributed by atoms with E-state index < -0.39 is 0 Å². The second-order valence-corrected chi connectivity index (χ2v) is 6.50. The van der Waals surface area contributed by atoms with Crippen LogP contribution in [0.5, 0.6) is 0 Å². The smallest absolute Gasteiger partial charge is 0.136 e. The molecule has 1 fully saturated rings. The molecule has 0 bridgehead atoms. The molecule has 1 aromatic rings. The molecule has 1 aliphatic rings. The summed E-state index contributed by atoms with van der Waals surface area (Å²) in [4.78, 5) is 4.01. The Bertz CT molecular complexity index is 410. The summed E-state index contributed by atoms with van der Waals surface area (Å²) in [5, 5.41) is 0.863. The highest BCUT2D eigenvalue weighted by atomic mass is 35.5. The molecule has 1 heterocycles. The van der Waals surface area contributed by atoms with Crippen LogP contribution in [0.1, 0.15) is 45.1 Å². The predicted molar refractivity (Wildman–Crippen MR) is 75.1 cm³/mol. The maximum Gasteiger partial charge on any atom is 0.136 e. The Hall–Kier alpha value is -0.310. The van der Waals surface area contributed by atoms with E-state index in [1.54, 1.807) is 6.07 Å². The molecule has 0 aliphatic heterocycles. The number of ether oxygens (including phenoxy) is 1. The van der Waals surface area contributed by atoms with Crippen LogP contribution in [0, 0.1) is 5.41 Å². The molecule has 100 valence electrons. The fourth-order valence-electron chi connectivity index (χ4n) is 2.30. The number of aromatic nitrogens is 1. The van der Waals surface area contributed by atoms with Gasteiger partial charge in [-0.15, -0.1) is 0 Å². The van der Waals surface area contributed by atoms with E-state index in [1.165, 1.54) is 12.8 Å². The largest absolute Gasteiger partial charge is 0.373 e. The molecule has 1 aliphatic carbocycles. The number of rotatable bonds is 3. The van der Waals surface area contributed by atoms with Crippen molar-refractivity contribution in [3.05, 3.63) is 28.0 Å². The van der Waals surface area contributed by atoms with E-state index in [9.17, 15) is 0 Å². The summed E-state index contributed by atoms with van der Waals surface area (Å²) < 4.78 is 5.92. The number of hydrogen-bond acceptors (Lipinski definition) is 2. The fraction of sp³-hybridized carbons (Fsp3) is 0.643. The van der Waals surface area contributed by atoms with Gasteiger partial charge < -0.3 is 4.74 Å². The second-order valence-electron chi connectivity index (χ2n) is 5.76. The van der Waals surface area contributed by atoms with Crippen LogP contribution < -0.4 is 0 Å². The minimum absolute atomic E-state index is 0.352. The lowest BCUT2D eigenvalue weighted by Gasteiger charge is -2.34. The zero-order valence-corrected chi connectivity index (χ0v) is 12.4. The highest BCUT2D eigenvalue weighted by Gasteiger charge is 2.27. The van der Waals surface area contributed by atoms with Crippen molar-refractivity contribution >= 4 is 23.2 Å². The lowest BCUT2D eigenvalue weighted by molar-refractivity contribution is -0.00564. The first-order valence-corrected chi connectivity index (χ1v) is 7.14. The predicted octanol–water partition coefficient (Wildman–Crippen LogP) is 4.87. The number of hydrogen-bond donors (Lipinski definition) is 0. The van der Waals surface area contributed by atoms with Crippen LogP contribution in [0.15, 0.2) is 12.1 Å². The highest BCUT2D eigenvalue weighted by molar-refractivity contribution is 6.32. The molecule has 18 heavy (non-hydrogen) atoms. The van der Waals surface area contributed by atoms with E-state index in [-0.39, 0.29) is 0 Å². The molecular formula is C14H19Cl2NO. The summed E-state index contributed by atoms with van der Waals surface area (Å²) in [5.41, 5.74) is 1.38. The van der Waals surface area contributed by atoms with Crippen molar-refractivity contribution in [1.29, 1.82) is 0 Å². The van der Waals surface area contributed by atoms with Crippen molar-refractivity contribution in [3.63, 3.8) is 0 Å². The van der Waals surface area contributed by atoms with Gasteiger partial charge in [-0.05, 0) is 37.2 Å². The molecular weight excluding hydrogens is 269 g/mol. The molecule has 1 aromatic heterocycles. The van der Waals surface area contributed by atoms with E-state index in [2.05, 4.69) is 18.8 Å². The standard InChI is InChI=1S/C14H19Cl2NO/c1-14(2)7-5-11(6-8-14)18-9-10-3-4-12(15)17-13(10)16/h3-4,11H,5-9H2,1-2H3.